The van der Waals surface area contributed by atoms with Crippen LogP contribution in [0.5, 0.6) is 5.75 Å². The van der Waals surface area contributed by atoms with Crippen LogP contribution in [0.25, 0.3) is 0 Å². The molecule has 8 heteroatoms. The summed E-state index contributed by atoms with van der Waals surface area (Å²) in [5.41, 5.74) is 1.36. The van der Waals surface area contributed by atoms with Crippen LogP contribution in [-0.2, 0) is 11.3 Å². The van der Waals surface area contributed by atoms with Gasteiger partial charge in [-0.2, -0.15) is 0 Å². The van der Waals surface area contributed by atoms with E-state index in [0.717, 1.165) is 17.9 Å². The predicted octanol–water partition coefficient (Wildman–Crippen LogP) is 3.31. The van der Waals surface area contributed by atoms with Crippen molar-refractivity contribution in [3.63, 3.8) is 0 Å². The Morgan fingerprint density at radius 1 is 1.17 bits per heavy atom. The number of carbonyl (C=O) groups excluding carboxylic acids is 1. The van der Waals surface area contributed by atoms with Crippen LogP contribution >= 0.6 is 24.0 Å². The molecule has 29 heavy (non-hydrogen) atoms. The number of hydrogen-bond acceptors (Lipinski definition) is 3. The minimum absolute atomic E-state index is 0. The van der Waals surface area contributed by atoms with Crippen molar-refractivity contribution in [2.45, 2.75) is 19.9 Å². The van der Waals surface area contributed by atoms with Gasteiger partial charge in [-0.25, -0.2) is 9.38 Å². The van der Waals surface area contributed by atoms with Gasteiger partial charge in [-0.05, 0) is 31.5 Å². The summed E-state index contributed by atoms with van der Waals surface area (Å²) in [7, 11) is 0. The molecule has 1 heterocycles. The monoisotopic (exact) mass is 512 g/mol. The number of halogens is 2. The first-order valence-electron chi connectivity index (χ1n) is 9.47. The van der Waals surface area contributed by atoms with Gasteiger partial charge in [0.2, 0.25) is 0 Å². The van der Waals surface area contributed by atoms with Crippen LogP contribution in [0.15, 0.2) is 53.5 Å². The van der Waals surface area contributed by atoms with Crippen molar-refractivity contribution >= 4 is 41.5 Å². The molecule has 1 aliphatic heterocycles. The van der Waals surface area contributed by atoms with Gasteiger partial charge >= 0.3 is 0 Å². The number of ether oxygens (including phenoxy) is 1. The number of para-hydroxylation sites is 2. The van der Waals surface area contributed by atoms with Crippen molar-refractivity contribution < 1.29 is 13.9 Å². The molecule has 0 bridgehead atoms. The molecule has 1 aliphatic rings. The van der Waals surface area contributed by atoms with E-state index in [1.807, 2.05) is 31.2 Å². The van der Waals surface area contributed by atoms with Gasteiger partial charge in [-0.3, -0.25) is 4.79 Å². The van der Waals surface area contributed by atoms with E-state index in [4.69, 9.17) is 4.74 Å². The summed E-state index contributed by atoms with van der Waals surface area (Å²) in [6.07, 6.45) is 0.740. The number of nitrogens with zero attached hydrogens (tertiary/aromatic N) is 2. The number of rotatable bonds is 7. The van der Waals surface area contributed by atoms with Gasteiger partial charge < -0.3 is 20.3 Å². The standard InChI is InChI=1S/C21H25FN4O2.HI/c1-2-23-21(25-14-16-8-3-4-9-17(16)22)24-12-7-13-26-18-10-5-6-11-19(18)28-15-20(26)27;/h3-6,8-11H,2,7,12-15H2,1H3,(H2,23,24,25);1H. The minimum atomic E-state index is -0.258. The molecule has 0 aromatic heterocycles. The van der Waals surface area contributed by atoms with E-state index in [1.165, 1.54) is 6.07 Å². The molecule has 2 N–H and O–H groups in total. The Balaban J connectivity index is 0.00000300. The highest BCUT2D eigenvalue weighted by atomic mass is 127. The summed E-state index contributed by atoms with van der Waals surface area (Å²) >= 11 is 0. The van der Waals surface area contributed by atoms with Crippen molar-refractivity contribution in [2.24, 2.45) is 4.99 Å². The molecule has 3 rings (SSSR count). The molecular formula is C21H26FIN4O2. The van der Waals surface area contributed by atoms with Crippen LogP contribution in [0.3, 0.4) is 0 Å². The average molecular weight is 512 g/mol. The Kier molecular flexibility index (Phi) is 9.17. The maximum absolute atomic E-state index is 13.7. The van der Waals surface area contributed by atoms with Crippen molar-refractivity contribution in [1.82, 2.24) is 10.6 Å². The first-order chi connectivity index (χ1) is 13.7. The lowest BCUT2D eigenvalue weighted by Gasteiger charge is -2.29. The summed E-state index contributed by atoms with van der Waals surface area (Å²) in [6, 6.07) is 14.2. The topological polar surface area (TPSA) is 66.0 Å². The maximum Gasteiger partial charge on any atom is 0.265 e. The van der Waals surface area contributed by atoms with Crippen molar-refractivity contribution in [1.29, 1.82) is 0 Å². The second-order valence-corrected chi connectivity index (χ2v) is 6.37. The summed E-state index contributed by atoms with van der Waals surface area (Å²) < 4.78 is 19.2. The molecule has 0 saturated carbocycles. The van der Waals surface area contributed by atoms with Gasteiger partial charge in [0.1, 0.15) is 11.6 Å². The molecule has 1 amide bonds. The summed E-state index contributed by atoms with van der Waals surface area (Å²) in [5.74, 6) is 1.06. The van der Waals surface area contributed by atoms with E-state index < -0.39 is 0 Å². The van der Waals surface area contributed by atoms with Gasteiger partial charge in [0.15, 0.2) is 12.6 Å². The zero-order valence-electron chi connectivity index (χ0n) is 16.4. The Labute approximate surface area is 187 Å². The normalized spacial score (nSPS) is 13.2. The summed E-state index contributed by atoms with van der Waals surface area (Å²) in [6.45, 7) is 4.23. The van der Waals surface area contributed by atoms with Gasteiger partial charge in [-0.1, -0.05) is 30.3 Å². The molecule has 0 radical (unpaired) electrons. The van der Waals surface area contributed by atoms with Gasteiger partial charge in [0.25, 0.3) is 5.91 Å². The predicted molar refractivity (Wildman–Crippen MR) is 124 cm³/mol. The zero-order valence-corrected chi connectivity index (χ0v) is 18.7. The Morgan fingerprint density at radius 2 is 1.93 bits per heavy atom. The summed E-state index contributed by atoms with van der Waals surface area (Å²) in [4.78, 5) is 18.4. The number of aliphatic imine (C=N–C) groups is 1. The Hall–Kier alpha value is -2.36. The molecule has 0 unspecified atom stereocenters. The van der Waals surface area contributed by atoms with Gasteiger partial charge in [0, 0.05) is 25.2 Å². The number of guanidine groups is 1. The molecular weight excluding hydrogens is 486 g/mol. The third kappa shape index (κ3) is 6.31. The first kappa shape index (κ1) is 22.9. The fraction of sp³-hybridized carbons (Fsp3) is 0.333. The average Bonchev–Trinajstić information content (AvgIpc) is 2.71. The van der Waals surface area contributed by atoms with E-state index >= 15 is 0 Å². The highest BCUT2D eigenvalue weighted by molar-refractivity contribution is 14.0. The highest BCUT2D eigenvalue weighted by Crippen LogP contribution is 2.31. The van der Waals surface area contributed by atoms with E-state index in [1.54, 1.807) is 23.1 Å². The Bertz CT molecular complexity index is 847. The number of amides is 1. The molecule has 0 saturated heterocycles. The molecule has 6 nitrogen and oxygen atoms in total. The lowest BCUT2D eigenvalue weighted by molar-refractivity contribution is -0.121. The van der Waals surface area contributed by atoms with E-state index in [-0.39, 0.29) is 48.9 Å². The number of anilines is 1. The number of benzene rings is 2. The van der Waals surface area contributed by atoms with Crippen molar-refractivity contribution in [3.05, 3.63) is 59.9 Å². The van der Waals surface area contributed by atoms with Crippen molar-refractivity contribution in [3.8, 4) is 5.75 Å². The molecule has 0 spiro atoms. The SMILES string of the molecule is CCNC(=NCc1ccccc1F)NCCCN1C(=O)COc2ccccc21.I. The largest absolute Gasteiger partial charge is 0.482 e. The van der Waals surface area contributed by atoms with Crippen LogP contribution in [0.4, 0.5) is 10.1 Å². The summed E-state index contributed by atoms with van der Waals surface area (Å²) in [5, 5.41) is 6.39. The van der Waals surface area contributed by atoms with Crippen LogP contribution < -0.4 is 20.3 Å². The smallest absolute Gasteiger partial charge is 0.265 e. The number of fused-ring (bicyclic) bond motifs is 1. The van der Waals surface area contributed by atoms with Crippen LogP contribution in [0.2, 0.25) is 0 Å². The minimum Gasteiger partial charge on any atom is -0.482 e. The third-order valence-corrected chi connectivity index (χ3v) is 4.37. The number of hydrogen-bond donors (Lipinski definition) is 2. The van der Waals surface area contributed by atoms with Crippen LogP contribution in [0.1, 0.15) is 18.9 Å². The fourth-order valence-electron chi connectivity index (χ4n) is 2.98. The van der Waals surface area contributed by atoms with Gasteiger partial charge in [-0.15, -0.1) is 24.0 Å². The van der Waals surface area contributed by atoms with E-state index in [2.05, 4.69) is 15.6 Å². The van der Waals surface area contributed by atoms with Crippen LogP contribution in [0, 0.1) is 5.82 Å². The van der Waals surface area contributed by atoms with Crippen LogP contribution in [-0.4, -0.2) is 38.1 Å². The lowest BCUT2D eigenvalue weighted by Crippen LogP contribution is -2.42. The molecule has 2 aromatic carbocycles. The number of nitrogens with one attached hydrogen (secondary N) is 2. The molecule has 156 valence electrons. The van der Waals surface area contributed by atoms with E-state index in [9.17, 15) is 9.18 Å². The molecule has 0 aliphatic carbocycles. The second kappa shape index (κ2) is 11.6. The Morgan fingerprint density at radius 3 is 2.72 bits per heavy atom. The molecule has 2 aromatic rings. The second-order valence-electron chi connectivity index (χ2n) is 6.37. The van der Waals surface area contributed by atoms with Crippen molar-refractivity contribution in [2.75, 3.05) is 31.1 Å². The van der Waals surface area contributed by atoms with Gasteiger partial charge in [0.05, 0.1) is 12.2 Å². The maximum atomic E-state index is 13.7. The molecule has 0 fully saturated rings. The first-order valence-corrected chi connectivity index (χ1v) is 9.47. The lowest BCUT2D eigenvalue weighted by atomic mass is 10.2. The quantitative estimate of drug-likeness (QED) is 0.259. The zero-order chi connectivity index (χ0) is 19.8. The highest BCUT2D eigenvalue weighted by Gasteiger charge is 2.24. The van der Waals surface area contributed by atoms with E-state index in [0.29, 0.717) is 31.2 Å². The number of carbonyl (C=O) groups is 1. The molecule has 0 atom stereocenters. The third-order valence-electron chi connectivity index (χ3n) is 4.37. The fourth-order valence-corrected chi connectivity index (χ4v) is 2.98.